The molecule has 0 aliphatic rings. The van der Waals surface area contributed by atoms with E-state index < -0.39 is 6.04 Å². The van der Waals surface area contributed by atoms with Crippen molar-refractivity contribution in [2.75, 3.05) is 5.32 Å². The van der Waals surface area contributed by atoms with Gasteiger partial charge in [-0.3, -0.25) is 10.3 Å². The van der Waals surface area contributed by atoms with Crippen molar-refractivity contribution in [2.24, 2.45) is 0 Å². The fourth-order valence-electron chi connectivity index (χ4n) is 3.29. The van der Waals surface area contributed by atoms with E-state index in [9.17, 15) is 5.11 Å². The number of aryl methyl sites for hydroxylation is 1. The van der Waals surface area contributed by atoms with Gasteiger partial charge in [0.15, 0.2) is 6.04 Å². The van der Waals surface area contributed by atoms with Crippen molar-refractivity contribution in [1.82, 2.24) is 4.98 Å². The molecule has 4 rings (SSSR count). The predicted octanol–water partition coefficient (Wildman–Crippen LogP) is 5.57. The summed E-state index contributed by atoms with van der Waals surface area (Å²) in [5, 5.41) is 16.3. The summed E-state index contributed by atoms with van der Waals surface area (Å²) in [5.41, 5.74) is 2.94. The first-order chi connectivity index (χ1) is 13.5. The number of aromatic hydroxyl groups is 1. The normalized spacial score (nSPS) is 12.1. The SMILES string of the molecule is Cc1cc[nH+]c(N[C@H](c2ccc3cccnc3c2O)c2c(Cl)cccc2Cl)c1. The Morgan fingerprint density at radius 2 is 1.82 bits per heavy atom. The van der Waals surface area contributed by atoms with Crippen LogP contribution in [0.15, 0.2) is 67.0 Å². The van der Waals surface area contributed by atoms with E-state index in [-0.39, 0.29) is 5.75 Å². The van der Waals surface area contributed by atoms with E-state index in [0.29, 0.717) is 26.7 Å². The minimum absolute atomic E-state index is 0.0965. The van der Waals surface area contributed by atoms with Crippen LogP contribution in [0.4, 0.5) is 5.82 Å². The summed E-state index contributed by atoms with van der Waals surface area (Å²) >= 11 is 13.0. The van der Waals surface area contributed by atoms with Gasteiger partial charge in [-0.05, 0) is 42.8 Å². The van der Waals surface area contributed by atoms with Crippen molar-refractivity contribution < 1.29 is 10.1 Å². The number of nitrogens with zero attached hydrogens (tertiary/aromatic N) is 1. The molecule has 0 radical (unpaired) electrons. The number of nitrogens with one attached hydrogen (secondary N) is 2. The Balaban J connectivity index is 1.92. The molecule has 28 heavy (non-hydrogen) atoms. The molecule has 0 aliphatic heterocycles. The standard InChI is InChI=1S/C22H17Cl2N3O/c1-13-9-11-25-18(12-13)27-21(19-16(23)5-2-6-17(19)24)15-8-7-14-4-3-10-26-20(14)22(15)28/h2-12,21,28H,1H3,(H,25,27)/p+1/t21-/m1/s1. The maximum atomic E-state index is 11.0. The van der Waals surface area contributed by atoms with Gasteiger partial charge in [0.1, 0.15) is 11.3 Å². The van der Waals surface area contributed by atoms with Crippen molar-refractivity contribution in [3.63, 3.8) is 0 Å². The second-order valence-corrected chi connectivity index (χ2v) is 7.39. The van der Waals surface area contributed by atoms with E-state index in [2.05, 4.69) is 15.3 Å². The first-order valence-corrected chi connectivity index (χ1v) is 9.55. The molecule has 1 atom stereocenters. The summed E-state index contributed by atoms with van der Waals surface area (Å²) < 4.78 is 0. The third-order valence-electron chi connectivity index (χ3n) is 4.64. The molecule has 0 saturated carbocycles. The number of pyridine rings is 2. The molecule has 3 N–H and O–H groups in total. The summed E-state index contributed by atoms with van der Waals surface area (Å²) in [6.07, 6.45) is 3.51. The number of benzene rings is 2. The lowest BCUT2D eigenvalue weighted by Gasteiger charge is -2.20. The number of aromatic amines is 1. The third-order valence-corrected chi connectivity index (χ3v) is 5.29. The van der Waals surface area contributed by atoms with Crippen LogP contribution in [0.1, 0.15) is 22.7 Å². The average Bonchev–Trinajstić information content (AvgIpc) is 2.68. The Hall–Kier alpha value is -2.82. The number of phenolic OH excluding ortho intramolecular Hbond substituents is 1. The molecule has 2 heterocycles. The summed E-state index contributed by atoms with van der Waals surface area (Å²) in [7, 11) is 0. The molecular weight excluding hydrogens is 393 g/mol. The number of anilines is 1. The molecule has 0 bridgehead atoms. The first-order valence-electron chi connectivity index (χ1n) is 8.80. The molecule has 4 nitrogen and oxygen atoms in total. The molecule has 6 heteroatoms. The van der Waals surface area contributed by atoms with Crippen LogP contribution in [-0.2, 0) is 0 Å². The zero-order valence-corrected chi connectivity index (χ0v) is 16.6. The summed E-state index contributed by atoms with van der Waals surface area (Å²) in [5.74, 6) is 0.876. The van der Waals surface area contributed by atoms with Crippen LogP contribution in [0, 0.1) is 6.92 Å². The maximum Gasteiger partial charge on any atom is 0.273 e. The predicted molar refractivity (Wildman–Crippen MR) is 113 cm³/mol. The van der Waals surface area contributed by atoms with Gasteiger partial charge < -0.3 is 5.11 Å². The Kier molecular flexibility index (Phi) is 5.07. The number of phenols is 1. The van der Waals surface area contributed by atoms with Gasteiger partial charge in [0, 0.05) is 38.8 Å². The van der Waals surface area contributed by atoms with E-state index in [1.807, 2.05) is 49.5 Å². The highest BCUT2D eigenvalue weighted by atomic mass is 35.5. The number of H-pyrrole nitrogens is 1. The van der Waals surface area contributed by atoms with E-state index in [0.717, 1.165) is 16.8 Å². The quantitative estimate of drug-likeness (QED) is 0.462. The van der Waals surface area contributed by atoms with Crippen LogP contribution >= 0.6 is 23.2 Å². The van der Waals surface area contributed by atoms with E-state index in [4.69, 9.17) is 23.2 Å². The monoisotopic (exact) mass is 410 g/mol. The van der Waals surface area contributed by atoms with Crippen molar-refractivity contribution in [1.29, 1.82) is 0 Å². The lowest BCUT2D eigenvalue weighted by atomic mass is 9.96. The van der Waals surface area contributed by atoms with Gasteiger partial charge in [-0.15, -0.1) is 0 Å². The van der Waals surface area contributed by atoms with Crippen molar-refractivity contribution in [3.8, 4) is 5.75 Å². The van der Waals surface area contributed by atoms with Gasteiger partial charge in [-0.2, -0.15) is 0 Å². The summed E-state index contributed by atoms with van der Waals surface area (Å²) in [6, 6.07) is 16.4. The fourth-order valence-corrected chi connectivity index (χ4v) is 3.90. The van der Waals surface area contributed by atoms with Gasteiger partial charge in [0.25, 0.3) is 5.82 Å². The molecule has 4 aromatic rings. The van der Waals surface area contributed by atoms with Gasteiger partial charge in [0.05, 0.1) is 6.20 Å². The average molecular weight is 411 g/mol. The van der Waals surface area contributed by atoms with E-state index >= 15 is 0 Å². The highest BCUT2D eigenvalue weighted by Crippen LogP contribution is 2.41. The lowest BCUT2D eigenvalue weighted by Crippen LogP contribution is -2.20. The second-order valence-electron chi connectivity index (χ2n) is 6.57. The topological polar surface area (TPSA) is 59.3 Å². The van der Waals surface area contributed by atoms with Crippen LogP contribution < -0.4 is 10.3 Å². The summed E-state index contributed by atoms with van der Waals surface area (Å²) in [6.45, 7) is 2.01. The largest absolute Gasteiger partial charge is 0.505 e. The van der Waals surface area contributed by atoms with Gasteiger partial charge >= 0.3 is 0 Å². The zero-order chi connectivity index (χ0) is 19.7. The number of halogens is 2. The molecule has 2 aromatic carbocycles. The van der Waals surface area contributed by atoms with Crippen LogP contribution in [0.5, 0.6) is 5.75 Å². The minimum atomic E-state index is -0.481. The molecule has 140 valence electrons. The highest BCUT2D eigenvalue weighted by molar-refractivity contribution is 6.36. The lowest BCUT2D eigenvalue weighted by molar-refractivity contribution is -0.361. The smallest absolute Gasteiger partial charge is 0.273 e. The van der Waals surface area contributed by atoms with Crippen molar-refractivity contribution >= 4 is 39.9 Å². The molecule has 2 aromatic heterocycles. The van der Waals surface area contributed by atoms with E-state index in [1.165, 1.54) is 0 Å². The van der Waals surface area contributed by atoms with Gasteiger partial charge in [-0.25, -0.2) is 4.98 Å². The van der Waals surface area contributed by atoms with Crippen LogP contribution in [0.2, 0.25) is 10.0 Å². The Morgan fingerprint density at radius 1 is 1.04 bits per heavy atom. The van der Waals surface area contributed by atoms with Crippen molar-refractivity contribution in [2.45, 2.75) is 13.0 Å². The van der Waals surface area contributed by atoms with Crippen LogP contribution in [0.3, 0.4) is 0 Å². The third kappa shape index (κ3) is 3.49. The second kappa shape index (κ2) is 7.66. The van der Waals surface area contributed by atoms with E-state index in [1.54, 1.807) is 24.4 Å². The van der Waals surface area contributed by atoms with Crippen LogP contribution in [0.25, 0.3) is 10.9 Å². The molecule has 0 spiro atoms. The van der Waals surface area contributed by atoms with Gasteiger partial charge in [-0.1, -0.05) is 41.4 Å². The number of hydrogen-bond donors (Lipinski definition) is 2. The molecule has 0 fully saturated rings. The van der Waals surface area contributed by atoms with Crippen LogP contribution in [-0.4, -0.2) is 10.1 Å². The summed E-state index contributed by atoms with van der Waals surface area (Å²) in [4.78, 5) is 7.51. The van der Waals surface area contributed by atoms with Crippen molar-refractivity contribution in [3.05, 3.63) is 93.7 Å². The fraction of sp³-hybridized carbons (Fsp3) is 0.0909. The molecule has 0 unspecified atom stereocenters. The Morgan fingerprint density at radius 3 is 2.57 bits per heavy atom. The molecule has 0 aliphatic carbocycles. The number of aromatic nitrogens is 2. The minimum Gasteiger partial charge on any atom is -0.505 e. The highest BCUT2D eigenvalue weighted by Gasteiger charge is 2.28. The number of rotatable bonds is 4. The Labute approximate surface area is 172 Å². The molecule has 0 saturated heterocycles. The molecule has 0 amide bonds. The number of fused-ring (bicyclic) bond motifs is 1. The number of hydrogen-bond acceptors (Lipinski definition) is 3. The van der Waals surface area contributed by atoms with Gasteiger partial charge in [0.2, 0.25) is 0 Å². The zero-order valence-electron chi connectivity index (χ0n) is 15.1. The maximum absolute atomic E-state index is 11.0. The molecular formula is C22H18Cl2N3O+. The first kappa shape index (κ1) is 18.5. The Bertz CT molecular complexity index is 1140.